The van der Waals surface area contributed by atoms with Crippen molar-refractivity contribution in [2.24, 2.45) is 0 Å². The number of nitrogens with zero attached hydrogens (tertiary/aromatic N) is 1. The molecule has 0 spiro atoms. The van der Waals surface area contributed by atoms with E-state index in [2.05, 4.69) is 26.2 Å². The zero-order valence-corrected chi connectivity index (χ0v) is 13.2. The summed E-state index contributed by atoms with van der Waals surface area (Å²) in [4.78, 5) is 15.6. The maximum atomic E-state index is 11.5. The van der Waals surface area contributed by atoms with E-state index in [1.54, 1.807) is 18.3 Å². The molecule has 0 aromatic carbocycles. The predicted molar refractivity (Wildman–Crippen MR) is 76.3 cm³/mol. The van der Waals surface area contributed by atoms with Crippen molar-refractivity contribution in [2.45, 2.75) is 39.3 Å². The molecule has 1 N–H and O–H groups in total. The summed E-state index contributed by atoms with van der Waals surface area (Å²) in [5, 5.41) is 2.70. The van der Waals surface area contributed by atoms with Gasteiger partial charge in [0.2, 0.25) is 0 Å². The van der Waals surface area contributed by atoms with Gasteiger partial charge in [0.15, 0.2) is 0 Å². The average molecular weight is 331 g/mol. The van der Waals surface area contributed by atoms with E-state index in [9.17, 15) is 4.79 Å². The van der Waals surface area contributed by atoms with Crippen LogP contribution < -0.4 is 10.1 Å². The number of amides is 1. The van der Waals surface area contributed by atoms with Gasteiger partial charge in [-0.3, -0.25) is 0 Å². The van der Waals surface area contributed by atoms with Crippen LogP contribution in [0.15, 0.2) is 22.9 Å². The number of halogens is 1. The van der Waals surface area contributed by atoms with Crippen LogP contribution in [-0.2, 0) is 4.74 Å². The molecule has 1 aromatic heterocycles. The molecule has 0 saturated carbocycles. The minimum absolute atomic E-state index is 0.154. The van der Waals surface area contributed by atoms with E-state index >= 15 is 0 Å². The first-order valence-corrected chi connectivity index (χ1v) is 6.79. The third kappa shape index (κ3) is 7.00. The quantitative estimate of drug-likeness (QED) is 0.861. The lowest BCUT2D eigenvalue weighted by Crippen LogP contribution is -2.40. The topological polar surface area (TPSA) is 60.5 Å². The number of hydrogen-bond acceptors (Lipinski definition) is 4. The fraction of sp³-hybridized carbons (Fsp3) is 0.538. The van der Waals surface area contributed by atoms with Crippen LogP contribution in [0.2, 0.25) is 0 Å². The Morgan fingerprint density at radius 3 is 2.68 bits per heavy atom. The number of ether oxygens (including phenoxy) is 2. The van der Waals surface area contributed by atoms with Gasteiger partial charge < -0.3 is 14.8 Å². The summed E-state index contributed by atoms with van der Waals surface area (Å²) in [6.07, 6.45) is 1.17. The molecule has 0 fully saturated rings. The van der Waals surface area contributed by atoms with Gasteiger partial charge in [0.05, 0.1) is 12.2 Å². The fourth-order valence-corrected chi connectivity index (χ4v) is 1.45. The van der Waals surface area contributed by atoms with Gasteiger partial charge in [0.25, 0.3) is 0 Å². The zero-order chi connectivity index (χ0) is 14.5. The Balaban J connectivity index is 2.33. The summed E-state index contributed by atoms with van der Waals surface area (Å²) in [5.41, 5.74) is -0.500. The highest BCUT2D eigenvalue weighted by molar-refractivity contribution is 9.10. The molecule has 0 unspecified atom stereocenters. The summed E-state index contributed by atoms with van der Waals surface area (Å²) >= 11 is 3.25. The van der Waals surface area contributed by atoms with E-state index < -0.39 is 11.7 Å². The van der Waals surface area contributed by atoms with Crippen LogP contribution in [0.25, 0.3) is 0 Å². The molecule has 0 aliphatic rings. The molecular formula is C13H19BrN2O3. The lowest BCUT2D eigenvalue weighted by Gasteiger charge is -2.22. The molecule has 1 amide bonds. The van der Waals surface area contributed by atoms with Gasteiger partial charge in [-0.05, 0) is 55.8 Å². The van der Waals surface area contributed by atoms with E-state index in [4.69, 9.17) is 9.47 Å². The van der Waals surface area contributed by atoms with Gasteiger partial charge in [-0.1, -0.05) is 0 Å². The third-order valence-electron chi connectivity index (χ3n) is 1.96. The van der Waals surface area contributed by atoms with E-state index in [1.165, 1.54) is 0 Å². The van der Waals surface area contributed by atoms with Crippen LogP contribution in [0, 0.1) is 0 Å². The molecule has 0 saturated heterocycles. The van der Waals surface area contributed by atoms with Crippen molar-refractivity contribution in [1.82, 2.24) is 10.3 Å². The Kier molecular flexibility index (Phi) is 5.60. The number of aromatic nitrogens is 1. The normalized spacial score (nSPS) is 12.7. The van der Waals surface area contributed by atoms with Crippen molar-refractivity contribution in [2.75, 3.05) is 6.61 Å². The van der Waals surface area contributed by atoms with Crippen LogP contribution in [0.1, 0.15) is 27.7 Å². The van der Waals surface area contributed by atoms with Crippen LogP contribution >= 0.6 is 15.9 Å². The number of alkyl carbamates (subject to hydrolysis) is 1. The SMILES string of the molecule is C[C@@H](COc1ccc(Br)nc1)NC(=O)OC(C)(C)C. The molecule has 0 aliphatic heterocycles. The molecule has 1 heterocycles. The third-order valence-corrected chi connectivity index (χ3v) is 2.43. The van der Waals surface area contributed by atoms with Gasteiger partial charge in [-0.15, -0.1) is 0 Å². The van der Waals surface area contributed by atoms with Crippen LogP contribution in [0.4, 0.5) is 4.79 Å². The Morgan fingerprint density at radius 1 is 1.47 bits per heavy atom. The molecule has 0 radical (unpaired) electrons. The molecular weight excluding hydrogens is 312 g/mol. The lowest BCUT2D eigenvalue weighted by molar-refractivity contribution is 0.0494. The maximum absolute atomic E-state index is 11.5. The summed E-state index contributed by atoms with van der Waals surface area (Å²) in [6, 6.07) is 3.44. The molecule has 1 aromatic rings. The monoisotopic (exact) mass is 330 g/mol. The van der Waals surface area contributed by atoms with Gasteiger partial charge >= 0.3 is 6.09 Å². The van der Waals surface area contributed by atoms with E-state index in [1.807, 2.05) is 27.7 Å². The standard InChI is InChI=1S/C13H19BrN2O3/c1-9(16-12(17)19-13(2,3)4)8-18-10-5-6-11(14)15-7-10/h5-7,9H,8H2,1-4H3,(H,16,17)/t9-/m0/s1. The van der Waals surface area contributed by atoms with E-state index in [-0.39, 0.29) is 6.04 Å². The first-order chi connectivity index (χ1) is 8.76. The van der Waals surface area contributed by atoms with Gasteiger partial charge in [-0.2, -0.15) is 0 Å². The van der Waals surface area contributed by atoms with Crippen LogP contribution in [0.3, 0.4) is 0 Å². The van der Waals surface area contributed by atoms with Crippen molar-refractivity contribution in [3.8, 4) is 5.75 Å². The van der Waals surface area contributed by atoms with E-state index in [0.717, 1.165) is 4.60 Å². The number of carbonyl (C=O) groups is 1. The van der Waals surface area contributed by atoms with Crippen LogP contribution in [0.5, 0.6) is 5.75 Å². The molecule has 5 nitrogen and oxygen atoms in total. The predicted octanol–water partition coefficient (Wildman–Crippen LogP) is 3.14. The highest BCUT2D eigenvalue weighted by Crippen LogP contribution is 2.13. The smallest absolute Gasteiger partial charge is 0.407 e. The second-order valence-corrected chi connectivity index (χ2v) is 5.99. The summed E-state index contributed by atoms with van der Waals surface area (Å²) < 4.78 is 11.4. The summed E-state index contributed by atoms with van der Waals surface area (Å²) in [5.74, 6) is 0.654. The van der Waals surface area contributed by atoms with Gasteiger partial charge in [-0.25, -0.2) is 9.78 Å². The van der Waals surface area contributed by atoms with Crippen LogP contribution in [-0.4, -0.2) is 29.3 Å². The Hall–Kier alpha value is -1.30. The molecule has 6 heteroatoms. The highest BCUT2D eigenvalue weighted by Gasteiger charge is 2.17. The summed E-state index contributed by atoms with van der Waals surface area (Å²) in [7, 11) is 0. The second kappa shape index (κ2) is 6.75. The van der Waals surface area contributed by atoms with Crippen molar-refractivity contribution in [1.29, 1.82) is 0 Å². The van der Waals surface area contributed by atoms with Gasteiger partial charge in [0.1, 0.15) is 22.6 Å². The first kappa shape index (κ1) is 15.8. The molecule has 106 valence electrons. The molecule has 19 heavy (non-hydrogen) atoms. The molecule has 0 bridgehead atoms. The summed E-state index contributed by atoms with van der Waals surface area (Å²) in [6.45, 7) is 7.66. The highest BCUT2D eigenvalue weighted by atomic mass is 79.9. The lowest BCUT2D eigenvalue weighted by atomic mass is 10.2. The number of carbonyl (C=O) groups excluding carboxylic acids is 1. The van der Waals surface area contributed by atoms with Crippen molar-refractivity contribution < 1.29 is 14.3 Å². The van der Waals surface area contributed by atoms with Crippen molar-refractivity contribution in [3.05, 3.63) is 22.9 Å². The zero-order valence-electron chi connectivity index (χ0n) is 11.6. The van der Waals surface area contributed by atoms with Gasteiger partial charge in [0, 0.05) is 0 Å². The molecule has 0 aliphatic carbocycles. The Bertz CT molecular complexity index is 415. The molecule has 1 rings (SSSR count). The Morgan fingerprint density at radius 2 is 2.16 bits per heavy atom. The van der Waals surface area contributed by atoms with Crippen molar-refractivity contribution in [3.63, 3.8) is 0 Å². The number of pyridine rings is 1. The number of nitrogens with one attached hydrogen (secondary N) is 1. The fourth-order valence-electron chi connectivity index (χ4n) is 1.22. The molecule has 1 atom stereocenters. The Labute approximate surface area is 121 Å². The van der Waals surface area contributed by atoms with Crippen molar-refractivity contribution >= 4 is 22.0 Å². The number of rotatable bonds is 4. The number of hydrogen-bond donors (Lipinski definition) is 1. The average Bonchev–Trinajstić information content (AvgIpc) is 2.25. The first-order valence-electron chi connectivity index (χ1n) is 6.00. The maximum Gasteiger partial charge on any atom is 0.407 e. The van der Waals surface area contributed by atoms with E-state index in [0.29, 0.717) is 12.4 Å². The minimum atomic E-state index is -0.500. The second-order valence-electron chi connectivity index (χ2n) is 5.17. The largest absolute Gasteiger partial charge is 0.490 e. The minimum Gasteiger partial charge on any atom is -0.490 e.